The molecule has 2 rings (SSSR count). The molecule has 6 heteroatoms. The average molecular weight is 393 g/mol. The maximum atomic E-state index is 12.4. The van der Waals surface area contributed by atoms with E-state index >= 15 is 0 Å². The second-order valence-corrected chi connectivity index (χ2v) is 6.96. The summed E-state index contributed by atoms with van der Waals surface area (Å²) in [6.07, 6.45) is -3.00. The third kappa shape index (κ3) is 5.27. The van der Waals surface area contributed by atoms with Crippen molar-refractivity contribution in [3.63, 3.8) is 0 Å². The van der Waals surface area contributed by atoms with Gasteiger partial charge in [-0.25, -0.2) is 0 Å². The standard InChI is InChI=1S/C22H26F3NO2/c1-5-14(3)18-8-7-9-19(15(4)6-2)20(18)28-17-12-10-16(11-13-17)26-21(27)22(23,24)25/h7-15H,5-6H2,1-4H3,(H,26,27). The molecular weight excluding hydrogens is 367 g/mol. The molecule has 0 saturated carbocycles. The van der Waals surface area contributed by atoms with Crippen LogP contribution in [-0.4, -0.2) is 12.1 Å². The zero-order chi connectivity index (χ0) is 20.9. The highest BCUT2D eigenvalue weighted by molar-refractivity contribution is 5.94. The van der Waals surface area contributed by atoms with Gasteiger partial charge in [-0.05, 0) is 60.1 Å². The van der Waals surface area contributed by atoms with Crippen LogP contribution in [0.2, 0.25) is 0 Å². The van der Waals surface area contributed by atoms with E-state index in [1.165, 1.54) is 12.1 Å². The number of rotatable bonds is 7. The molecule has 2 aromatic carbocycles. The van der Waals surface area contributed by atoms with Gasteiger partial charge in [0.25, 0.3) is 0 Å². The maximum Gasteiger partial charge on any atom is 0.471 e. The van der Waals surface area contributed by atoms with Crippen molar-refractivity contribution in [3.8, 4) is 11.5 Å². The molecule has 0 aliphatic heterocycles. The molecule has 0 aliphatic rings. The lowest BCUT2D eigenvalue weighted by Crippen LogP contribution is -2.29. The molecule has 2 aromatic rings. The van der Waals surface area contributed by atoms with Gasteiger partial charge in [-0.2, -0.15) is 13.2 Å². The third-order valence-corrected chi connectivity index (χ3v) is 4.95. The number of halogens is 3. The molecule has 2 atom stereocenters. The number of nitrogens with one attached hydrogen (secondary N) is 1. The topological polar surface area (TPSA) is 38.3 Å². The molecule has 1 amide bonds. The second kappa shape index (κ2) is 9.13. The van der Waals surface area contributed by atoms with Gasteiger partial charge in [0.15, 0.2) is 0 Å². The van der Waals surface area contributed by atoms with E-state index in [2.05, 4.69) is 27.7 Å². The van der Waals surface area contributed by atoms with Crippen molar-refractivity contribution in [2.75, 3.05) is 5.32 Å². The SMILES string of the molecule is CCC(C)c1cccc(C(C)CC)c1Oc1ccc(NC(=O)C(F)(F)F)cc1. The molecule has 0 bridgehead atoms. The van der Waals surface area contributed by atoms with Crippen molar-refractivity contribution in [1.82, 2.24) is 0 Å². The van der Waals surface area contributed by atoms with Crippen LogP contribution >= 0.6 is 0 Å². The highest BCUT2D eigenvalue weighted by Crippen LogP contribution is 2.39. The van der Waals surface area contributed by atoms with Gasteiger partial charge in [-0.1, -0.05) is 45.9 Å². The van der Waals surface area contributed by atoms with Crippen LogP contribution in [0.1, 0.15) is 63.5 Å². The van der Waals surface area contributed by atoms with Crippen LogP contribution < -0.4 is 10.1 Å². The summed E-state index contributed by atoms with van der Waals surface area (Å²) in [7, 11) is 0. The minimum atomic E-state index is -4.92. The Morgan fingerprint density at radius 2 is 1.46 bits per heavy atom. The van der Waals surface area contributed by atoms with Gasteiger partial charge in [0.2, 0.25) is 0 Å². The predicted molar refractivity (Wildman–Crippen MR) is 105 cm³/mol. The van der Waals surface area contributed by atoms with E-state index in [4.69, 9.17) is 4.74 Å². The number of hydrogen-bond acceptors (Lipinski definition) is 2. The van der Waals surface area contributed by atoms with Crippen molar-refractivity contribution >= 4 is 11.6 Å². The monoisotopic (exact) mass is 393 g/mol. The molecule has 3 nitrogen and oxygen atoms in total. The molecular formula is C22H26F3NO2. The van der Waals surface area contributed by atoms with Crippen molar-refractivity contribution in [2.24, 2.45) is 0 Å². The number of para-hydroxylation sites is 1. The first-order valence-corrected chi connectivity index (χ1v) is 9.46. The molecule has 0 spiro atoms. The maximum absolute atomic E-state index is 12.4. The fourth-order valence-corrected chi connectivity index (χ4v) is 2.83. The van der Waals surface area contributed by atoms with Gasteiger partial charge in [0.05, 0.1) is 0 Å². The zero-order valence-corrected chi connectivity index (χ0v) is 16.6. The van der Waals surface area contributed by atoms with Gasteiger partial charge in [0.1, 0.15) is 11.5 Å². The van der Waals surface area contributed by atoms with Gasteiger partial charge < -0.3 is 10.1 Å². The number of amides is 1. The first kappa shape index (κ1) is 21.8. The highest BCUT2D eigenvalue weighted by atomic mass is 19.4. The fraction of sp³-hybridized carbons (Fsp3) is 0.409. The lowest BCUT2D eigenvalue weighted by atomic mass is 9.90. The van der Waals surface area contributed by atoms with Crippen LogP contribution in [0.3, 0.4) is 0 Å². The Kier molecular flexibility index (Phi) is 7.11. The van der Waals surface area contributed by atoms with Crippen LogP contribution in [0.25, 0.3) is 0 Å². The Labute approximate surface area is 163 Å². The third-order valence-electron chi connectivity index (χ3n) is 4.95. The summed E-state index contributed by atoms with van der Waals surface area (Å²) in [4.78, 5) is 11.0. The Balaban J connectivity index is 2.30. The van der Waals surface area contributed by atoms with Crippen molar-refractivity contribution < 1.29 is 22.7 Å². The van der Waals surface area contributed by atoms with E-state index in [-0.39, 0.29) is 5.69 Å². The second-order valence-electron chi connectivity index (χ2n) is 6.96. The molecule has 0 fully saturated rings. The number of ether oxygens (including phenoxy) is 1. The van der Waals surface area contributed by atoms with Crippen LogP contribution in [0.5, 0.6) is 11.5 Å². The molecule has 2 unspecified atom stereocenters. The summed E-state index contributed by atoms with van der Waals surface area (Å²) >= 11 is 0. The summed E-state index contributed by atoms with van der Waals surface area (Å²) in [6, 6.07) is 12.0. The molecule has 0 radical (unpaired) electrons. The van der Waals surface area contributed by atoms with Crippen LogP contribution in [0.4, 0.5) is 18.9 Å². The smallest absolute Gasteiger partial charge is 0.457 e. The molecule has 0 heterocycles. The Morgan fingerprint density at radius 3 is 1.89 bits per heavy atom. The Hall–Kier alpha value is -2.50. The minimum absolute atomic E-state index is 0.0621. The van der Waals surface area contributed by atoms with E-state index in [0.717, 1.165) is 29.7 Å². The molecule has 152 valence electrons. The molecule has 28 heavy (non-hydrogen) atoms. The zero-order valence-electron chi connectivity index (χ0n) is 16.6. The summed E-state index contributed by atoms with van der Waals surface area (Å²) in [6.45, 7) is 8.50. The van der Waals surface area contributed by atoms with Crippen LogP contribution in [-0.2, 0) is 4.79 Å². The van der Waals surface area contributed by atoms with Gasteiger partial charge in [-0.15, -0.1) is 0 Å². The van der Waals surface area contributed by atoms with Gasteiger partial charge in [-0.3, -0.25) is 4.79 Å². The lowest BCUT2D eigenvalue weighted by molar-refractivity contribution is -0.167. The largest absolute Gasteiger partial charge is 0.471 e. The molecule has 0 aliphatic carbocycles. The van der Waals surface area contributed by atoms with Crippen molar-refractivity contribution in [2.45, 2.75) is 58.5 Å². The summed E-state index contributed by atoms with van der Waals surface area (Å²) < 4.78 is 43.3. The molecule has 0 aromatic heterocycles. The number of hydrogen-bond donors (Lipinski definition) is 1. The quantitative estimate of drug-likeness (QED) is 0.550. The van der Waals surface area contributed by atoms with Gasteiger partial charge in [0, 0.05) is 5.69 Å². The van der Waals surface area contributed by atoms with Gasteiger partial charge >= 0.3 is 12.1 Å². The molecule has 1 N–H and O–H groups in total. The normalized spacial score (nSPS) is 13.7. The van der Waals surface area contributed by atoms with E-state index in [9.17, 15) is 18.0 Å². The number of carbonyl (C=O) groups excluding carboxylic acids is 1. The van der Waals surface area contributed by atoms with Crippen molar-refractivity contribution in [3.05, 3.63) is 53.6 Å². The first-order valence-electron chi connectivity index (χ1n) is 9.46. The predicted octanol–water partition coefficient (Wildman–Crippen LogP) is 7.01. The number of benzene rings is 2. The van der Waals surface area contributed by atoms with E-state index in [1.807, 2.05) is 23.5 Å². The Morgan fingerprint density at radius 1 is 0.964 bits per heavy atom. The van der Waals surface area contributed by atoms with Crippen LogP contribution in [0, 0.1) is 0 Å². The minimum Gasteiger partial charge on any atom is -0.457 e. The fourth-order valence-electron chi connectivity index (χ4n) is 2.83. The molecule has 0 saturated heterocycles. The summed E-state index contributed by atoms with van der Waals surface area (Å²) in [5.74, 6) is -0.0698. The van der Waals surface area contributed by atoms with Crippen LogP contribution in [0.15, 0.2) is 42.5 Å². The number of anilines is 1. The summed E-state index contributed by atoms with van der Waals surface area (Å²) in [5.41, 5.74) is 2.27. The lowest BCUT2D eigenvalue weighted by Gasteiger charge is -2.22. The van der Waals surface area contributed by atoms with E-state index in [1.54, 1.807) is 12.1 Å². The average Bonchev–Trinajstić information content (AvgIpc) is 2.67. The highest BCUT2D eigenvalue weighted by Gasteiger charge is 2.38. The number of alkyl halides is 3. The first-order chi connectivity index (χ1) is 13.2. The Bertz CT molecular complexity index is 772. The van der Waals surface area contributed by atoms with E-state index < -0.39 is 12.1 Å². The van der Waals surface area contributed by atoms with Crippen molar-refractivity contribution in [1.29, 1.82) is 0 Å². The summed E-state index contributed by atoms with van der Waals surface area (Å²) in [5, 5.41) is 1.83. The van der Waals surface area contributed by atoms with E-state index in [0.29, 0.717) is 17.6 Å². The number of carbonyl (C=O) groups is 1.